The molecular weight excluding hydrogens is 485 g/mol. The van der Waals surface area contributed by atoms with Crippen LogP contribution in [0.1, 0.15) is 75.2 Å². The van der Waals surface area contributed by atoms with Gasteiger partial charge in [-0.2, -0.15) is 13.2 Å². The lowest BCUT2D eigenvalue weighted by molar-refractivity contribution is -0.258. The number of amides is 1. The Bertz CT molecular complexity index is 1050. The number of rotatable bonds is 9. The number of allylic oxidation sites excluding steroid dienone is 2. The number of nitrogens with zero attached hydrogens (tertiary/aromatic N) is 2. The number of aliphatic hydroxyl groups is 1. The molecular formula is C28H35F3N2O4. The van der Waals surface area contributed by atoms with E-state index in [1.54, 1.807) is 13.1 Å². The molecule has 9 heteroatoms. The van der Waals surface area contributed by atoms with Crippen LogP contribution in [0.15, 0.2) is 53.2 Å². The molecule has 2 fully saturated rings. The van der Waals surface area contributed by atoms with Gasteiger partial charge in [0.15, 0.2) is 5.60 Å². The van der Waals surface area contributed by atoms with Crippen molar-refractivity contribution >= 4 is 18.6 Å². The third kappa shape index (κ3) is 5.81. The van der Waals surface area contributed by atoms with Gasteiger partial charge in [0, 0.05) is 23.8 Å². The molecule has 0 spiro atoms. The summed E-state index contributed by atoms with van der Waals surface area (Å²) in [6.45, 7) is 8.09. The number of alkyl halides is 3. The van der Waals surface area contributed by atoms with Crippen molar-refractivity contribution in [2.45, 2.75) is 83.2 Å². The highest BCUT2D eigenvalue weighted by atomic mass is 19.4. The molecule has 1 aromatic carbocycles. The van der Waals surface area contributed by atoms with E-state index >= 15 is 0 Å². The molecule has 0 unspecified atom stereocenters. The second-order valence-electron chi connectivity index (χ2n) is 9.89. The fourth-order valence-corrected chi connectivity index (χ4v) is 5.09. The van der Waals surface area contributed by atoms with Gasteiger partial charge in [-0.1, -0.05) is 24.3 Å². The second-order valence-corrected chi connectivity index (χ2v) is 9.89. The van der Waals surface area contributed by atoms with Crippen LogP contribution in [0.25, 0.3) is 0 Å². The molecule has 1 amide bonds. The summed E-state index contributed by atoms with van der Waals surface area (Å²) < 4.78 is 45.1. The first-order chi connectivity index (χ1) is 17.4. The normalized spacial score (nSPS) is 24.4. The van der Waals surface area contributed by atoms with Crippen molar-refractivity contribution in [3.8, 4) is 0 Å². The van der Waals surface area contributed by atoms with Gasteiger partial charge in [0.1, 0.15) is 0 Å². The summed E-state index contributed by atoms with van der Waals surface area (Å²) in [4.78, 5) is 32.4. The molecule has 2 saturated carbocycles. The largest absolute Gasteiger partial charge is 0.465 e. The SMILES string of the molecule is C=N/C=C(\C=C/C)C1(C(=O)OCC)CCC(N(C(=O)c2ccc([C@](C)(O)C(F)(F)F)cc2)C2CC2)CC1. The number of aliphatic imine (C=N–C) groups is 1. The second kappa shape index (κ2) is 11.2. The zero-order valence-electron chi connectivity index (χ0n) is 21.6. The minimum absolute atomic E-state index is 0.0611. The van der Waals surface area contributed by atoms with E-state index in [2.05, 4.69) is 11.7 Å². The van der Waals surface area contributed by atoms with Crippen LogP contribution in [0.4, 0.5) is 13.2 Å². The van der Waals surface area contributed by atoms with E-state index < -0.39 is 17.2 Å². The topological polar surface area (TPSA) is 79.2 Å². The van der Waals surface area contributed by atoms with E-state index in [1.807, 2.05) is 24.0 Å². The molecule has 37 heavy (non-hydrogen) atoms. The summed E-state index contributed by atoms with van der Waals surface area (Å²) in [5.74, 6) is -0.579. The third-order valence-corrected chi connectivity index (χ3v) is 7.42. The van der Waals surface area contributed by atoms with Crippen LogP contribution in [-0.4, -0.2) is 53.5 Å². The first kappa shape index (κ1) is 28.6. The average Bonchev–Trinajstić information content (AvgIpc) is 3.69. The highest BCUT2D eigenvalue weighted by molar-refractivity contribution is 5.95. The van der Waals surface area contributed by atoms with Gasteiger partial charge in [0.25, 0.3) is 5.91 Å². The minimum Gasteiger partial charge on any atom is -0.465 e. The van der Waals surface area contributed by atoms with E-state index in [4.69, 9.17) is 4.74 Å². The molecule has 0 radical (unpaired) electrons. The van der Waals surface area contributed by atoms with Gasteiger partial charge in [0.05, 0.1) is 12.0 Å². The maximum Gasteiger partial charge on any atom is 0.421 e. The smallest absolute Gasteiger partial charge is 0.421 e. The Kier molecular flexibility index (Phi) is 8.67. The van der Waals surface area contributed by atoms with Crippen LogP contribution in [0.2, 0.25) is 0 Å². The molecule has 3 rings (SSSR count). The predicted molar refractivity (Wildman–Crippen MR) is 135 cm³/mol. The van der Waals surface area contributed by atoms with Gasteiger partial charge in [-0.15, -0.1) is 0 Å². The molecule has 0 heterocycles. The molecule has 1 N–H and O–H groups in total. The minimum atomic E-state index is -4.84. The van der Waals surface area contributed by atoms with Crippen molar-refractivity contribution in [3.63, 3.8) is 0 Å². The molecule has 1 atom stereocenters. The number of halogens is 3. The Balaban J connectivity index is 1.84. The number of hydrogen-bond acceptors (Lipinski definition) is 5. The molecule has 6 nitrogen and oxygen atoms in total. The number of benzene rings is 1. The fourth-order valence-electron chi connectivity index (χ4n) is 5.09. The zero-order chi connectivity index (χ0) is 27.4. The molecule has 0 aliphatic heterocycles. The third-order valence-electron chi connectivity index (χ3n) is 7.42. The van der Waals surface area contributed by atoms with Gasteiger partial charge in [-0.05, 0) is 89.3 Å². The van der Waals surface area contributed by atoms with Gasteiger partial charge in [0.2, 0.25) is 0 Å². The molecule has 2 aliphatic carbocycles. The van der Waals surface area contributed by atoms with Crippen LogP contribution >= 0.6 is 0 Å². The number of carbonyl (C=O) groups excluding carboxylic acids is 2. The van der Waals surface area contributed by atoms with Crippen LogP contribution in [0.5, 0.6) is 0 Å². The Hall–Kier alpha value is -2.94. The van der Waals surface area contributed by atoms with Crippen LogP contribution < -0.4 is 0 Å². The average molecular weight is 521 g/mol. The van der Waals surface area contributed by atoms with E-state index in [0.717, 1.165) is 30.5 Å². The van der Waals surface area contributed by atoms with E-state index in [1.165, 1.54) is 12.1 Å². The number of carbonyl (C=O) groups is 2. The molecule has 202 valence electrons. The van der Waals surface area contributed by atoms with Crippen molar-refractivity contribution in [1.29, 1.82) is 0 Å². The van der Waals surface area contributed by atoms with E-state index in [0.29, 0.717) is 32.6 Å². The molecule has 0 aromatic heterocycles. The summed E-state index contributed by atoms with van der Waals surface area (Å²) in [7, 11) is 0. The Morgan fingerprint density at radius 1 is 1.16 bits per heavy atom. The summed E-state index contributed by atoms with van der Waals surface area (Å²) in [6, 6.07) is 4.91. The molecule has 1 aromatic rings. The highest BCUT2D eigenvalue weighted by Crippen LogP contribution is 2.47. The summed E-state index contributed by atoms with van der Waals surface area (Å²) >= 11 is 0. The van der Waals surface area contributed by atoms with Crippen molar-refractivity contribution in [3.05, 3.63) is 59.3 Å². The number of hydrogen-bond donors (Lipinski definition) is 1. The van der Waals surface area contributed by atoms with Crippen molar-refractivity contribution < 1.29 is 32.6 Å². The molecule has 0 bridgehead atoms. The maximum atomic E-state index is 13.5. The fraction of sp³-hybridized carbons (Fsp3) is 0.536. The Labute approximate surface area is 215 Å². The van der Waals surface area contributed by atoms with Gasteiger partial charge >= 0.3 is 12.1 Å². The zero-order valence-corrected chi connectivity index (χ0v) is 21.6. The molecule has 2 aliphatic rings. The van der Waals surface area contributed by atoms with E-state index in [9.17, 15) is 27.9 Å². The van der Waals surface area contributed by atoms with Crippen LogP contribution in [-0.2, 0) is 15.1 Å². The number of ether oxygens (including phenoxy) is 1. The van der Waals surface area contributed by atoms with Gasteiger partial charge in [-0.3, -0.25) is 14.6 Å². The standard InChI is InChI=1S/C28H35F3N2O4/c1-5-7-21(18-32-4)27(25(35)37-6-2)16-14-23(15-17-27)33(22-12-13-22)24(34)19-8-10-20(11-9-19)26(3,36)28(29,30)31/h5,7-11,18,22-23,36H,4,6,12-17H2,1-3H3/b7-5-,21-18+/t23?,26-,27?/m0/s1. The first-order valence-electron chi connectivity index (χ1n) is 12.6. The summed E-state index contributed by atoms with van der Waals surface area (Å²) in [5.41, 5.74) is -3.24. The van der Waals surface area contributed by atoms with Gasteiger partial charge < -0.3 is 14.7 Å². The van der Waals surface area contributed by atoms with Crippen molar-refractivity contribution in [1.82, 2.24) is 4.90 Å². The Morgan fingerprint density at radius 3 is 2.19 bits per heavy atom. The van der Waals surface area contributed by atoms with E-state index in [-0.39, 0.29) is 41.7 Å². The Morgan fingerprint density at radius 2 is 1.73 bits per heavy atom. The van der Waals surface area contributed by atoms with Crippen molar-refractivity contribution in [2.24, 2.45) is 10.4 Å². The number of esters is 1. The monoisotopic (exact) mass is 520 g/mol. The van der Waals surface area contributed by atoms with Crippen LogP contribution in [0, 0.1) is 5.41 Å². The lowest BCUT2D eigenvalue weighted by Crippen LogP contribution is -2.48. The predicted octanol–water partition coefficient (Wildman–Crippen LogP) is 5.71. The quantitative estimate of drug-likeness (QED) is 0.257. The van der Waals surface area contributed by atoms with Crippen molar-refractivity contribution in [2.75, 3.05) is 6.61 Å². The highest BCUT2D eigenvalue weighted by Gasteiger charge is 2.51. The maximum absolute atomic E-state index is 13.5. The lowest BCUT2D eigenvalue weighted by atomic mass is 9.67. The molecule has 0 saturated heterocycles. The first-order valence-corrected chi connectivity index (χ1v) is 12.6. The lowest BCUT2D eigenvalue weighted by Gasteiger charge is -2.43. The summed E-state index contributed by atoms with van der Waals surface area (Å²) in [5, 5.41) is 9.94. The summed E-state index contributed by atoms with van der Waals surface area (Å²) in [6.07, 6.45) is 4.19. The van der Waals surface area contributed by atoms with Gasteiger partial charge in [-0.25, -0.2) is 0 Å². The van der Waals surface area contributed by atoms with Crippen LogP contribution in [0.3, 0.4) is 0 Å².